The monoisotopic (exact) mass is 204 g/mol. The average molecular weight is 204 g/mol. The number of aromatic amines is 1. The van der Waals surface area contributed by atoms with Crippen molar-refractivity contribution in [2.45, 2.75) is 19.8 Å². The van der Waals surface area contributed by atoms with Gasteiger partial charge in [0.05, 0.1) is 6.33 Å². The van der Waals surface area contributed by atoms with Gasteiger partial charge < -0.3 is 4.98 Å². The van der Waals surface area contributed by atoms with E-state index in [1.54, 1.807) is 18.6 Å². The van der Waals surface area contributed by atoms with Gasteiger partial charge in [-0.1, -0.05) is 19.1 Å². The van der Waals surface area contributed by atoms with Crippen LogP contribution in [-0.4, -0.2) is 9.97 Å². The first kappa shape index (κ1) is 9.90. The fourth-order valence-corrected chi connectivity index (χ4v) is 1.70. The maximum atomic E-state index is 13.6. The van der Waals surface area contributed by atoms with Crippen molar-refractivity contribution < 1.29 is 4.39 Å². The molecule has 0 amide bonds. The Morgan fingerprint density at radius 1 is 1.40 bits per heavy atom. The Morgan fingerprint density at radius 3 is 2.93 bits per heavy atom. The molecule has 0 spiro atoms. The van der Waals surface area contributed by atoms with Crippen LogP contribution in [0.4, 0.5) is 4.39 Å². The van der Waals surface area contributed by atoms with Gasteiger partial charge in [-0.25, -0.2) is 9.37 Å². The van der Waals surface area contributed by atoms with Gasteiger partial charge in [0.15, 0.2) is 0 Å². The number of benzene rings is 1. The SMILES string of the molecule is CCc1cccc(F)c1Cc1cnc[nH]1. The summed E-state index contributed by atoms with van der Waals surface area (Å²) in [7, 11) is 0. The van der Waals surface area contributed by atoms with E-state index in [-0.39, 0.29) is 5.82 Å². The topological polar surface area (TPSA) is 28.7 Å². The lowest BCUT2D eigenvalue weighted by Crippen LogP contribution is -1.98. The Labute approximate surface area is 88.2 Å². The normalized spacial score (nSPS) is 10.5. The summed E-state index contributed by atoms with van der Waals surface area (Å²) in [6, 6.07) is 5.23. The van der Waals surface area contributed by atoms with Crippen LogP contribution in [0.15, 0.2) is 30.7 Å². The average Bonchev–Trinajstić information content (AvgIpc) is 2.74. The van der Waals surface area contributed by atoms with Crippen LogP contribution in [0.3, 0.4) is 0 Å². The Bertz CT molecular complexity index is 435. The zero-order chi connectivity index (χ0) is 10.7. The summed E-state index contributed by atoms with van der Waals surface area (Å²) in [5.74, 6) is -0.135. The lowest BCUT2D eigenvalue weighted by atomic mass is 10.0. The molecule has 0 radical (unpaired) electrons. The number of aryl methyl sites for hydroxylation is 1. The number of nitrogens with one attached hydrogen (secondary N) is 1. The van der Waals surface area contributed by atoms with E-state index in [4.69, 9.17) is 0 Å². The number of imidazole rings is 1. The molecule has 0 fully saturated rings. The third-order valence-corrected chi connectivity index (χ3v) is 2.52. The molecule has 0 atom stereocenters. The number of H-pyrrole nitrogens is 1. The van der Waals surface area contributed by atoms with Gasteiger partial charge >= 0.3 is 0 Å². The van der Waals surface area contributed by atoms with Gasteiger partial charge in [0.2, 0.25) is 0 Å². The molecule has 0 saturated carbocycles. The van der Waals surface area contributed by atoms with Crippen LogP contribution in [0.1, 0.15) is 23.7 Å². The molecule has 2 nitrogen and oxygen atoms in total. The minimum atomic E-state index is -0.135. The molecular weight excluding hydrogens is 191 g/mol. The molecule has 1 aromatic heterocycles. The van der Waals surface area contributed by atoms with E-state index in [1.807, 2.05) is 13.0 Å². The summed E-state index contributed by atoms with van der Waals surface area (Å²) in [5.41, 5.74) is 2.77. The largest absolute Gasteiger partial charge is 0.348 e. The molecule has 0 aliphatic heterocycles. The molecule has 0 aliphatic rings. The van der Waals surface area contributed by atoms with E-state index < -0.39 is 0 Å². The van der Waals surface area contributed by atoms with Crippen molar-refractivity contribution in [3.63, 3.8) is 0 Å². The zero-order valence-corrected chi connectivity index (χ0v) is 8.63. The highest BCUT2D eigenvalue weighted by molar-refractivity contribution is 5.31. The molecule has 3 heteroatoms. The van der Waals surface area contributed by atoms with Gasteiger partial charge in [-0.05, 0) is 23.6 Å². The van der Waals surface area contributed by atoms with Crippen LogP contribution in [0.2, 0.25) is 0 Å². The number of hydrogen-bond donors (Lipinski definition) is 1. The lowest BCUT2D eigenvalue weighted by Gasteiger charge is -2.07. The van der Waals surface area contributed by atoms with Crippen LogP contribution in [0, 0.1) is 5.82 Å². The van der Waals surface area contributed by atoms with Gasteiger partial charge in [-0.3, -0.25) is 0 Å². The number of nitrogens with zero attached hydrogens (tertiary/aromatic N) is 1. The minimum Gasteiger partial charge on any atom is -0.348 e. The minimum absolute atomic E-state index is 0.135. The Hall–Kier alpha value is -1.64. The quantitative estimate of drug-likeness (QED) is 0.818. The highest BCUT2D eigenvalue weighted by atomic mass is 19.1. The Kier molecular flexibility index (Phi) is 2.81. The van der Waals surface area contributed by atoms with Crippen LogP contribution in [0.25, 0.3) is 0 Å². The summed E-state index contributed by atoms with van der Waals surface area (Å²) < 4.78 is 13.6. The van der Waals surface area contributed by atoms with Crippen molar-refractivity contribution in [3.05, 3.63) is 53.4 Å². The molecule has 1 aromatic carbocycles. The predicted octanol–water partition coefficient (Wildman–Crippen LogP) is 2.70. The smallest absolute Gasteiger partial charge is 0.127 e. The van der Waals surface area contributed by atoms with Crippen LogP contribution in [-0.2, 0) is 12.8 Å². The van der Waals surface area contributed by atoms with Crippen LogP contribution in [0.5, 0.6) is 0 Å². The summed E-state index contributed by atoms with van der Waals surface area (Å²) in [4.78, 5) is 6.91. The molecule has 0 aliphatic carbocycles. The second-order valence-corrected chi connectivity index (χ2v) is 3.48. The molecular formula is C12H13FN2. The van der Waals surface area contributed by atoms with E-state index in [1.165, 1.54) is 6.07 Å². The highest BCUT2D eigenvalue weighted by Crippen LogP contribution is 2.17. The molecule has 1 N–H and O–H groups in total. The van der Waals surface area contributed by atoms with Crippen molar-refractivity contribution in [3.8, 4) is 0 Å². The number of hydrogen-bond acceptors (Lipinski definition) is 1. The first-order valence-corrected chi connectivity index (χ1v) is 5.04. The number of rotatable bonds is 3. The number of halogens is 1. The van der Waals surface area contributed by atoms with E-state index >= 15 is 0 Å². The number of aromatic nitrogens is 2. The maximum Gasteiger partial charge on any atom is 0.127 e. The molecule has 15 heavy (non-hydrogen) atoms. The fourth-order valence-electron chi connectivity index (χ4n) is 1.70. The molecule has 0 saturated heterocycles. The van der Waals surface area contributed by atoms with Gasteiger partial charge in [0, 0.05) is 18.3 Å². The first-order chi connectivity index (χ1) is 7.31. The third-order valence-electron chi connectivity index (χ3n) is 2.52. The standard InChI is InChI=1S/C12H13FN2/c1-2-9-4-3-5-12(13)11(9)6-10-7-14-8-15-10/h3-5,7-8H,2,6H2,1H3,(H,14,15). The van der Waals surface area contributed by atoms with Crippen LogP contribution >= 0.6 is 0 Å². The summed E-state index contributed by atoms with van der Waals surface area (Å²) in [5, 5.41) is 0. The van der Waals surface area contributed by atoms with E-state index in [0.29, 0.717) is 6.42 Å². The third kappa shape index (κ3) is 2.06. The van der Waals surface area contributed by atoms with Crippen molar-refractivity contribution in [1.82, 2.24) is 9.97 Å². The van der Waals surface area contributed by atoms with Gasteiger partial charge in [0.1, 0.15) is 5.82 Å². The summed E-state index contributed by atoms with van der Waals surface area (Å²) in [6.07, 6.45) is 4.77. The molecule has 0 bridgehead atoms. The predicted molar refractivity (Wildman–Crippen MR) is 57.2 cm³/mol. The lowest BCUT2D eigenvalue weighted by molar-refractivity contribution is 0.610. The molecule has 2 aromatic rings. The molecule has 2 rings (SSSR count). The maximum absolute atomic E-state index is 13.6. The van der Waals surface area contributed by atoms with Gasteiger partial charge in [-0.2, -0.15) is 0 Å². The fraction of sp³-hybridized carbons (Fsp3) is 0.250. The Morgan fingerprint density at radius 2 is 2.27 bits per heavy atom. The molecule has 1 heterocycles. The zero-order valence-electron chi connectivity index (χ0n) is 8.63. The van der Waals surface area contributed by atoms with Crippen molar-refractivity contribution in [1.29, 1.82) is 0 Å². The summed E-state index contributed by atoms with van der Waals surface area (Å²) in [6.45, 7) is 2.03. The van der Waals surface area contributed by atoms with Crippen molar-refractivity contribution in [2.75, 3.05) is 0 Å². The summed E-state index contributed by atoms with van der Waals surface area (Å²) >= 11 is 0. The van der Waals surface area contributed by atoms with Gasteiger partial charge in [0.25, 0.3) is 0 Å². The second-order valence-electron chi connectivity index (χ2n) is 3.48. The van der Waals surface area contributed by atoms with Gasteiger partial charge in [-0.15, -0.1) is 0 Å². The van der Waals surface area contributed by atoms with E-state index in [2.05, 4.69) is 9.97 Å². The van der Waals surface area contributed by atoms with E-state index in [9.17, 15) is 4.39 Å². The van der Waals surface area contributed by atoms with Crippen molar-refractivity contribution in [2.24, 2.45) is 0 Å². The first-order valence-electron chi connectivity index (χ1n) is 5.04. The Balaban J connectivity index is 2.34. The van der Waals surface area contributed by atoms with E-state index in [0.717, 1.165) is 23.2 Å². The molecule has 0 unspecified atom stereocenters. The van der Waals surface area contributed by atoms with Crippen LogP contribution < -0.4 is 0 Å². The highest BCUT2D eigenvalue weighted by Gasteiger charge is 2.08. The second kappa shape index (κ2) is 4.26. The van der Waals surface area contributed by atoms with Crippen molar-refractivity contribution >= 4 is 0 Å². The molecule has 78 valence electrons.